The topological polar surface area (TPSA) is 39.7 Å². The van der Waals surface area contributed by atoms with Gasteiger partial charge in [0.2, 0.25) is 5.75 Å². The van der Waals surface area contributed by atoms with Crippen LogP contribution in [0, 0.1) is 0 Å². The molecule has 1 N–H and O–H groups in total. The molecule has 1 unspecified atom stereocenters. The number of nitrogens with one attached hydrogen (secondary N) is 1. The van der Waals surface area contributed by atoms with Crippen molar-refractivity contribution in [3.05, 3.63) is 30.4 Å². The molecule has 0 radical (unpaired) electrons. The molecule has 0 saturated heterocycles. The van der Waals surface area contributed by atoms with Crippen molar-refractivity contribution < 1.29 is 14.2 Å². The highest BCUT2D eigenvalue weighted by atomic mass is 16.5. The van der Waals surface area contributed by atoms with E-state index in [2.05, 4.69) is 18.8 Å². The first-order chi connectivity index (χ1) is 9.71. The van der Waals surface area contributed by atoms with Crippen molar-refractivity contribution in [2.45, 2.75) is 25.8 Å². The molecule has 0 amide bonds. The maximum Gasteiger partial charge on any atom is 0.203 e. The fourth-order valence-electron chi connectivity index (χ4n) is 2.22. The smallest absolute Gasteiger partial charge is 0.203 e. The number of benzene rings is 1. The van der Waals surface area contributed by atoms with Gasteiger partial charge in [-0.05, 0) is 37.1 Å². The molecule has 0 aliphatic heterocycles. The summed E-state index contributed by atoms with van der Waals surface area (Å²) in [5.74, 6) is 1.99. The van der Waals surface area contributed by atoms with E-state index < -0.39 is 0 Å². The van der Waals surface area contributed by atoms with Crippen molar-refractivity contribution in [2.75, 3.05) is 27.9 Å². The number of ether oxygens (including phenoxy) is 3. The fourth-order valence-corrected chi connectivity index (χ4v) is 2.22. The van der Waals surface area contributed by atoms with Gasteiger partial charge in [0.05, 0.1) is 21.3 Å². The number of methoxy groups -OCH3 is 3. The zero-order valence-electron chi connectivity index (χ0n) is 12.9. The van der Waals surface area contributed by atoms with Crippen molar-refractivity contribution in [3.63, 3.8) is 0 Å². The largest absolute Gasteiger partial charge is 0.493 e. The molecule has 1 aromatic rings. The van der Waals surface area contributed by atoms with Crippen LogP contribution in [-0.2, 0) is 0 Å². The molecule has 0 aromatic heterocycles. The number of hydrogen-bond donors (Lipinski definition) is 1. The van der Waals surface area contributed by atoms with Crippen LogP contribution >= 0.6 is 0 Å². The summed E-state index contributed by atoms with van der Waals surface area (Å²) >= 11 is 0. The van der Waals surface area contributed by atoms with Crippen LogP contribution in [-0.4, -0.2) is 27.9 Å². The second-order valence-electron chi connectivity index (χ2n) is 4.43. The minimum atomic E-state index is 0.242. The summed E-state index contributed by atoms with van der Waals surface area (Å²) in [6.45, 7) is 6.78. The van der Waals surface area contributed by atoms with Gasteiger partial charge in [0.1, 0.15) is 0 Å². The van der Waals surface area contributed by atoms with Gasteiger partial charge in [-0.3, -0.25) is 0 Å². The zero-order valence-corrected chi connectivity index (χ0v) is 12.9. The fraction of sp³-hybridized carbons (Fsp3) is 0.500. The SMILES string of the molecule is C=CCCC(NCC)c1cc(OC)c(OC)c(OC)c1. The average molecular weight is 279 g/mol. The Bertz CT molecular complexity index is 407. The first-order valence-electron chi connectivity index (χ1n) is 6.85. The second kappa shape index (κ2) is 8.48. The van der Waals surface area contributed by atoms with Crippen LogP contribution in [0.2, 0.25) is 0 Å². The molecule has 20 heavy (non-hydrogen) atoms. The minimum Gasteiger partial charge on any atom is -0.493 e. The molecule has 0 aliphatic carbocycles. The molecular formula is C16H25NO3. The first kappa shape index (κ1) is 16.4. The van der Waals surface area contributed by atoms with Crippen molar-refractivity contribution >= 4 is 0 Å². The summed E-state index contributed by atoms with van der Waals surface area (Å²) in [6.07, 6.45) is 3.87. The molecule has 0 heterocycles. The molecule has 0 saturated carbocycles. The monoisotopic (exact) mass is 279 g/mol. The van der Waals surface area contributed by atoms with Gasteiger partial charge < -0.3 is 19.5 Å². The predicted octanol–water partition coefficient (Wildman–Crippen LogP) is 3.33. The summed E-state index contributed by atoms with van der Waals surface area (Å²) in [7, 11) is 4.87. The third-order valence-electron chi connectivity index (χ3n) is 3.20. The number of allylic oxidation sites excluding steroid dienone is 1. The third kappa shape index (κ3) is 3.90. The summed E-state index contributed by atoms with van der Waals surface area (Å²) in [4.78, 5) is 0. The highest BCUT2D eigenvalue weighted by Crippen LogP contribution is 2.40. The van der Waals surface area contributed by atoms with E-state index in [-0.39, 0.29) is 6.04 Å². The Balaban J connectivity index is 3.16. The Morgan fingerprint density at radius 1 is 1.15 bits per heavy atom. The van der Waals surface area contributed by atoms with Crippen LogP contribution in [0.25, 0.3) is 0 Å². The van der Waals surface area contributed by atoms with Crippen LogP contribution in [0.4, 0.5) is 0 Å². The van der Waals surface area contributed by atoms with E-state index in [1.807, 2.05) is 18.2 Å². The normalized spacial score (nSPS) is 11.8. The van der Waals surface area contributed by atoms with Gasteiger partial charge >= 0.3 is 0 Å². The van der Waals surface area contributed by atoms with Gasteiger partial charge in [-0.25, -0.2) is 0 Å². The lowest BCUT2D eigenvalue weighted by molar-refractivity contribution is 0.322. The van der Waals surface area contributed by atoms with Gasteiger partial charge in [-0.2, -0.15) is 0 Å². The number of hydrogen-bond acceptors (Lipinski definition) is 4. The third-order valence-corrected chi connectivity index (χ3v) is 3.20. The van der Waals surface area contributed by atoms with Gasteiger partial charge in [-0.1, -0.05) is 13.0 Å². The van der Waals surface area contributed by atoms with Gasteiger partial charge in [0, 0.05) is 6.04 Å². The summed E-state index contributed by atoms with van der Waals surface area (Å²) < 4.78 is 16.1. The molecule has 112 valence electrons. The van der Waals surface area contributed by atoms with E-state index in [1.54, 1.807) is 21.3 Å². The molecular weight excluding hydrogens is 254 g/mol. The number of rotatable bonds is 9. The van der Waals surface area contributed by atoms with E-state index >= 15 is 0 Å². The Hall–Kier alpha value is -1.68. The maximum absolute atomic E-state index is 5.40. The summed E-state index contributed by atoms with van der Waals surface area (Å²) in [5, 5.41) is 3.47. The van der Waals surface area contributed by atoms with E-state index in [4.69, 9.17) is 14.2 Å². The van der Waals surface area contributed by atoms with Gasteiger partial charge in [-0.15, -0.1) is 6.58 Å². The lowest BCUT2D eigenvalue weighted by Crippen LogP contribution is -2.21. The van der Waals surface area contributed by atoms with Crippen LogP contribution in [0.3, 0.4) is 0 Å². The van der Waals surface area contributed by atoms with Gasteiger partial charge in [0.25, 0.3) is 0 Å². The Morgan fingerprint density at radius 3 is 2.15 bits per heavy atom. The van der Waals surface area contributed by atoms with Crippen molar-refractivity contribution in [2.24, 2.45) is 0 Å². The highest BCUT2D eigenvalue weighted by Gasteiger charge is 2.17. The molecule has 4 heteroatoms. The maximum atomic E-state index is 5.40. The van der Waals surface area contributed by atoms with Crippen LogP contribution in [0.5, 0.6) is 17.2 Å². The van der Waals surface area contributed by atoms with Crippen molar-refractivity contribution in [1.82, 2.24) is 5.32 Å². The lowest BCUT2D eigenvalue weighted by atomic mass is 10.0. The average Bonchev–Trinajstić information content (AvgIpc) is 2.49. The van der Waals surface area contributed by atoms with Gasteiger partial charge in [0.15, 0.2) is 11.5 Å². The molecule has 0 fully saturated rings. The Kier molecular flexibility index (Phi) is 6.94. The summed E-state index contributed by atoms with van der Waals surface area (Å²) in [5.41, 5.74) is 1.13. The molecule has 1 aromatic carbocycles. The van der Waals surface area contributed by atoms with E-state index in [9.17, 15) is 0 Å². The Morgan fingerprint density at radius 2 is 1.75 bits per heavy atom. The van der Waals surface area contributed by atoms with Crippen molar-refractivity contribution in [1.29, 1.82) is 0 Å². The molecule has 1 rings (SSSR count). The van der Waals surface area contributed by atoms with E-state index in [0.29, 0.717) is 17.2 Å². The molecule has 0 aliphatic rings. The second-order valence-corrected chi connectivity index (χ2v) is 4.43. The molecule has 4 nitrogen and oxygen atoms in total. The Labute approximate surface area is 121 Å². The quantitative estimate of drug-likeness (QED) is 0.704. The minimum absolute atomic E-state index is 0.242. The van der Waals surface area contributed by atoms with E-state index in [1.165, 1.54) is 0 Å². The molecule has 1 atom stereocenters. The lowest BCUT2D eigenvalue weighted by Gasteiger charge is -2.21. The zero-order chi connectivity index (χ0) is 15.0. The summed E-state index contributed by atoms with van der Waals surface area (Å²) in [6, 6.07) is 4.24. The van der Waals surface area contributed by atoms with E-state index in [0.717, 1.165) is 24.9 Å². The van der Waals surface area contributed by atoms with Crippen LogP contribution < -0.4 is 19.5 Å². The molecule has 0 spiro atoms. The highest BCUT2D eigenvalue weighted by molar-refractivity contribution is 5.54. The van der Waals surface area contributed by atoms with Crippen LogP contribution in [0.1, 0.15) is 31.4 Å². The standard InChI is InChI=1S/C16H25NO3/c1-6-8-9-13(17-7-2)12-10-14(18-3)16(20-5)15(11-12)19-4/h6,10-11,13,17H,1,7-9H2,2-5H3. The van der Waals surface area contributed by atoms with Crippen LogP contribution in [0.15, 0.2) is 24.8 Å². The molecule has 0 bridgehead atoms. The van der Waals surface area contributed by atoms with Crippen molar-refractivity contribution in [3.8, 4) is 17.2 Å². The first-order valence-corrected chi connectivity index (χ1v) is 6.85. The predicted molar refractivity (Wildman–Crippen MR) is 81.9 cm³/mol.